The molecule has 4 rings (SSSR count). The van der Waals surface area contributed by atoms with Crippen LogP contribution in [-0.2, 0) is 27.5 Å². The molecule has 0 saturated carbocycles. The molecule has 270 valence electrons. The average molecular weight is 762 g/mol. The normalized spacial score (nSPS) is 12.9. The van der Waals surface area contributed by atoms with Crippen molar-refractivity contribution in [2.75, 3.05) is 17.6 Å². The molecular weight excluding hydrogens is 724 g/mol. The van der Waals surface area contributed by atoms with Crippen LogP contribution in [0.25, 0.3) is 17.2 Å². The molecule has 2 amide bonds. The molecule has 51 heavy (non-hydrogen) atoms. The second-order valence-electron chi connectivity index (χ2n) is 13.2. The number of alkyl halides is 3. The molecule has 4 aromatic rings. The van der Waals surface area contributed by atoms with Crippen LogP contribution in [0.4, 0.5) is 18.9 Å². The number of allylic oxidation sites excluding steroid dienone is 1. The van der Waals surface area contributed by atoms with Gasteiger partial charge < -0.3 is 10.6 Å². The van der Waals surface area contributed by atoms with E-state index in [1.807, 2.05) is 30.3 Å². The molecule has 0 heterocycles. The third kappa shape index (κ3) is 11.4. The number of carbonyl (C=O) groups excluding carboxylic acids is 2. The lowest BCUT2D eigenvalue weighted by Gasteiger charge is -2.20. The Hall–Kier alpha value is -4.16. The second-order valence-corrected chi connectivity index (χ2v) is 15.6. The molecule has 0 aliphatic carbocycles. The summed E-state index contributed by atoms with van der Waals surface area (Å²) < 4.78 is 70.4. The first-order valence-electron chi connectivity index (χ1n) is 15.8. The Kier molecular flexibility index (Phi) is 12.4. The number of aryl methyl sites for hydroxylation is 1. The van der Waals surface area contributed by atoms with Gasteiger partial charge in [0.15, 0.2) is 0 Å². The van der Waals surface area contributed by atoms with E-state index >= 15 is 0 Å². The van der Waals surface area contributed by atoms with Crippen molar-refractivity contribution in [3.05, 3.63) is 128 Å². The monoisotopic (exact) mass is 760 g/mol. The first kappa shape index (κ1) is 39.6. The standard InChI is InChI=1S/C38H37Cl2F3N2O5S/c1-23-19-34(33(40)22-30(23)29-14-13-28(21-32(29)39)38(41,42)43)45-36(47)31(26-9-5-24(6-10-26)15-16-37(2,3)4)20-25-7-11-27(12-8-25)35(46)44-17-18-51(48,49)50/h5-16,19,21-22,31H,17-18,20H2,1-4H3,(H,44,46)(H,45,47)(H,48,49,50)/b16-15+. The molecule has 3 N–H and O–H groups in total. The highest BCUT2D eigenvalue weighted by Gasteiger charge is 2.31. The van der Waals surface area contributed by atoms with Crippen LogP contribution in [0, 0.1) is 12.3 Å². The quantitative estimate of drug-likeness (QED) is 0.132. The Labute approximate surface area is 305 Å². The maximum absolute atomic E-state index is 14.0. The zero-order valence-corrected chi connectivity index (χ0v) is 30.6. The van der Waals surface area contributed by atoms with Crippen molar-refractivity contribution in [1.82, 2.24) is 5.32 Å². The van der Waals surface area contributed by atoms with Gasteiger partial charge >= 0.3 is 6.18 Å². The Balaban J connectivity index is 1.61. The fourth-order valence-electron chi connectivity index (χ4n) is 5.17. The summed E-state index contributed by atoms with van der Waals surface area (Å²) >= 11 is 12.9. The molecule has 1 atom stereocenters. The maximum atomic E-state index is 14.0. The Morgan fingerprint density at radius 2 is 1.53 bits per heavy atom. The van der Waals surface area contributed by atoms with Gasteiger partial charge in [0.05, 0.1) is 27.9 Å². The number of carbonyl (C=O) groups is 2. The van der Waals surface area contributed by atoms with Crippen LogP contribution in [0.1, 0.15) is 64.9 Å². The van der Waals surface area contributed by atoms with Gasteiger partial charge in [0.2, 0.25) is 5.91 Å². The summed E-state index contributed by atoms with van der Waals surface area (Å²) in [6.07, 6.45) is -0.221. The van der Waals surface area contributed by atoms with E-state index in [-0.39, 0.29) is 39.9 Å². The van der Waals surface area contributed by atoms with Crippen LogP contribution in [0.15, 0.2) is 84.9 Å². The van der Waals surface area contributed by atoms with Crippen molar-refractivity contribution < 1.29 is 35.7 Å². The Morgan fingerprint density at radius 3 is 2.10 bits per heavy atom. The highest BCUT2D eigenvalue weighted by atomic mass is 35.5. The van der Waals surface area contributed by atoms with E-state index in [9.17, 15) is 31.2 Å². The molecule has 0 aliphatic rings. The van der Waals surface area contributed by atoms with Crippen molar-refractivity contribution in [2.45, 2.75) is 46.2 Å². The lowest BCUT2D eigenvalue weighted by atomic mass is 9.89. The van der Waals surface area contributed by atoms with Gasteiger partial charge in [-0.3, -0.25) is 14.1 Å². The lowest BCUT2D eigenvalue weighted by Crippen LogP contribution is -2.28. The number of halogens is 5. The largest absolute Gasteiger partial charge is 0.416 e. The average Bonchev–Trinajstić information content (AvgIpc) is 3.03. The number of rotatable bonds is 11. The lowest BCUT2D eigenvalue weighted by molar-refractivity contribution is -0.137. The number of hydrogen-bond donors (Lipinski definition) is 3. The molecule has 0 bridgehead atoms. The second kappa shape index (κ2) is 16.0. The predicted molar refractivity (Wildman–Crippen MR) is 197 cm³/mol. The third-order valence-corrected chi connectivity index (χ3v) is 9.24. The molecule has 4 aromatic carbocycles. The van der Waals surface area contributed by atoms with E-state index in [1.165, 1.54) is 6.07 Å². The van der Waals surface area contributed by atoms with Crippen LogP contribution < -0.4 is 10.6 Å². The van der Waals surface area contributed by atoms with Gasteiger partial charge in [0.1, 0.15) is 0 Å². The van der Waals surface area contributed by atoms with Crippen molar-refractivity contribution in [2.24, 2.45) is 5.41 Å². The SMILES string of the molecule is Cc1cc(NC(=O)C(Cc2ccc(C(=O)NCCS(=O)(=O)O)cc2)c2ccc(/C=C/C(C)(C)C)cc2)c(Cl)cc1-c1ccc(C(F)(F)F)cc1Cl. The van der Waals surface area contributed by atoms with Gasteiger partial charge in [-0.2, -0.15) is 21.6 Å². The van der Waals surface area contributed by atoms with Crippen LogP contribution in [0.5, 0.6) is 0 Å². The molecule has 0 aliphatic heterocycles. The summed E-state index contributed by atoms with van der Waals surface area (Å²) in [4.78, 5) is 26.5. The van der Waals surface area contributed by atoms with Gasteiger partial charge in [0.25, 0.3) is 16.0 Å². The van der Waals surface area contributed by atoms with E-state index in [1.54, 1.807) is 43.3 Å². The Morgan fingerprint density at radius 1 is 0.882 bits per heavy atom. The van der Waals surface area contributed by atoms with Crippen molar-refractivity contribution in [3.8, 4) is 11.1 Å². The van der Waals surface area contributed by atoms with Crippen molar-refractivity contribution in [3.63, 3.8) is 0 Å². The minimum atomic E-state index is -4.55. The highest BCUT2D eigenvalue weighted by Crippen LogP contribution is 2.39. The van der Waals surface area contributed by atoms with Crippen molar-refractivity contribution in [1.29, 1.82) is 0 Å². The summed E-state index contributed by atoms with van der Waals surface area (Å²) in [5.74, 6) is -2.22. The van der Waals surface area contributed by atoms with Crippen LogP contribution in [0.2, 0.25) is 10.0 Å². The van der Waals surface area contributed by atoms with E-state index in [0.29, 0.717) is 27.9 Å². The van der Waals surface area contributed by atoms with Gasteiger partial charge in [-0.05, 0) is 83.0 Å². The maximum Gasteiger partial charge on any atom is 0.416 e. The molecular formula is C38H37Cl2F3N2O5S. The third-order valence-electron chi connectivity index (χ3n) is 7.89. The molecule has 0 saturated heterocycles. The first-order valence-corrected chi connectivity index (χ1v) is 18.2. The fraction of sp³-hybridized carbons (Fsp3) is 0.263. The molecule has 0 spiro atoms. The minimum Gasteiger partial charge on any atom is -0.351 e. The van der Waals surface area contributed by atoms with E-state index in [0.717, 1.165) is 23.3 Å². The van der Waals surface area contributed by atoms with E-state index in [4.69, 9.17) is 27.8 Å². The molecule has 1 unspecified atom stereocenters. The molecule has 0 radical (unpaired) electrons. The highest BCUT2D eigenvalue weighted by molar-refractivity contribution is 7.85. The number of nitrogens with one attached hydrogen (secondary N) is 2. The summed E-state index contributed by atoms with van der Waals surface area (Å²) in [5.41, 5.74) is 3.56. The van der Waals surface area contributed by atoms with E-state index < -0.39 is 39.4 Å². The zero-order chi connectivity index (χ0) is 37.7. The Bertz CT molecular complexity index is 2040. The van der Waals surface area contributed by atoms with E-state index in [2.05, 4.69) is 37.5 Å². The molecule has 0 aromatic heterocycles. The zero-order valence-electron chi connectivity index (χ0n) is 28.2. The number of benzene rings is 4. The number of amides is 2. The van der Waals surface area contributed by atoms with Crippen molar-refractivity contribution >= 4 is 56.9 Å². The fourth-order valence-corrected chi connectivity index (χ4v) is 6.02. The predicted octanol–water partition coefficient (Wildman–Crippen LogP) is 9.63. The van der Waals surface area contributed by atoms with Gasteiger partial charge in [-0.1, -0.05) is 98.6 Å². The molecule has 13 heteroatoms. The number of hydrogen-bond acceptors (Lipinski definition) is 4. The van der Waals surface area contributed by atoms with Crippen LogP contribution in [-0.4, -0.2) is 37.1 Å². The minimum absolute atomic E-state index is 0.0223. The van der Waals surface area contributed by atoms with Gasteiger partial charge in [0, 0.05) is 22.7 Å². The number of anilines is 1. The van der Waals surface area contributed by atoms with Gasteiger partial charge in [-0.15, -0.1) is 0 Å². The van der Waals surface area contributed by atoms with Gasteiger partial charge in [-0.25, -0.2) is 0 Å². The summed E-state index contributed by atoms with van der Waals surface area (Å²) in [7, 11) is -4.22. The smallest absolute Gasteiger partial charge is 0.351 e. The van der Waals surface area contributed by atoms with Crippen LogP contribution >= 0.6 is 23.2 Å². The summed E-state index contributed by atoms with van der Waals surface area (Å²) in [6.45, 7) is 7.73. The van der Waals surface area contributed by atoms with Crippen LogP contribution in [0.3, 0.4) is 0 Å². The topological polar surface area (TPSA) is 113 Å². The summed E-state index contributed by atoms with van der Waals surface area (Å²) in [5, 5.41) is 5.42. The molecule has 0 fully saturated rings. The molecule has 7 nitrogen and oxygen atoms in total. The first-order chi connectivity index (χ1) is 23.7. The summed E-state index contributed by atoms with van der Waals surface area (Å²) in [6, 6.07) is 20.3.